The van der Waals surface area contributed by atoms with Gasteiger partial charge in [0.15, 0.2) is 0 Å². The summed E-state index contributed by atoms with van der Waals surface area (Å²) in [5.74, 6) is 1.32. The maximum atomic E-state index is 12.4. The number of nitrogens with one attached hydrogen (secondary N) is 2. The SMILES string of the molecule is O=C1NCC(C2CCCCC2)N1c1ccc(C2CCNCC2)cc1. The fourth-order valence-corrected chi connectivity index (χ4v) is 4.79. The zero-order valence-electron chi connectivity index (χ0n) is 14.5. The molecule has 0 spiro atoms. The van der Waals surface area contributed by atoms with Crippen molar-refractivity contribution in [3.8, 4) is 0 Å². The van der Waals surface area contributed by atoms with E-state index in [-0.39, 0.29) is 6.03 Å². The molecule has 4 rings (SSSR count). The first-order chi connectivity index (χ1) is 11.8. The van der Waals surface area contributed by atoms with Crippen molar-refractivity contribution in [1.82, 2.24) is 10.6 Å². The number of piperidine rings is 1. The quantitative estimate of drug-likeness (QED) is 0.890. The molecule has 3 fully saturated rings. The number of benzene rings is 1. The third-order valence-electron chi connectivity index (χ3n) is 6.19. The molecular weight excluding hydrogens is 298 g/mol. The highest BCUT2D eigenvalue weighted by molar-refractivity contribution is 5.95. The molecule has 4 nitrogen and oxygen atoms in total. The van der Waals surface area contributed by atoms with Gasteiger partial charge in [-0.3, -0.25) is 4.90 Å². The van der Waals surface area contributed by atoms with Gasteiger partial charge in [-0.2, -0.15) is 0 Å². The van der Waals surface area contributed by atoms with Gasteiger partial charge in [0.25, 0.3) is 0 Å². The highest BCUT2D eigenvalue weighted by Crippen LogP contribution is 2.34. The van der Waals surface area contributed by atoms with Gasteiger partial charge < -0.3 is 10.6 Å². The second kappa shape index (κ2) is 7.14. The number of carbonyl (C=O) groups excluding carboxylic acids is 1. The van der Waals surface area contributed by atoms with Crippen molar-refractivity contribution in [3.63, 3.8) is 0 Å². The van der Waals surface area contributed by atoms with Crippen molar-refractivity contribution < 1.29 is 4.79 Å². The summed E-state index contributed by atoms with van der Waals surface area (Å²) in [4.78, 5) is 14.5. The second-order valence-electron chi connectivity index (χ2n) is 7.64. The van der Waals surface area contributed by atoms with Crippen molar-refractivity contribution in [3.05, 3.63) is 29.8 Å². The van der Waals surface area contributed by atoms with Crippen LogP contribution in [-0.2, 0) is 0 Å². The molecule has 0 aromatic heterocycles. The first-order valence-electron chi connectivity index (χ1n) is 9.70. The molecule has 1 unspecified atom stereocenters. The lowest BCUT2D eigenvalue weighted by molar-refractivity contribution is 0.250. The largest absolute Gasteiger partial charge is 0.336 e. The molecule has 1 aliphatic carbocycles. The van der Waals surface area contributed by atoms with Gasteiger partial charge >= 0.3 is 6.03 Å². The number of nitrogens with zero attached hydrogens (tertiary/aromatic N) is 1. The van der Waals surface area contributed by atoms with Crippen LogP contribution in [0.1, 0.15) is 56.4 Å². The lowest BCUT2D eigenvalue weighted by atomic mass is 9.83. The first kappa shape index (κ1) is 15.9. The van der Waals surface area contributed by atoms with E-state index in [4.69, 9.17) is 0 Å². The van der Waals surface area contributed by atoms with Crippen molar-refractivity contribution >= 4 is 11.7 Å². The molecule has 1 atom stereocenters. The lowest BCUT2D eigenvalue weighted by Gasteiger charge is -2.33. The second-order valence-corrected chi connectivity index (χ2v) is 7.64. The van der Waals surface area contributed by atoms with Gasteiger partial charge in [0.2, 0.25) is 0 Å². The van der Waals surface area contributed by atoms with Gasteiger partial charge in [-0.15, -0.1) is 0 Å². The van der Waals surface area contributed by atoms with Gasteiger partial charge in [-0.05, 0) is 68.3 Å². The van der Waals surface area contributed by atoms with E-state index in [1.807, 2.05) is 4.90 Å². The number of hydrogen-bond donors (Lipinski definition) is 2. The molecule has 2 N–H and O–H groups in total. The van der Waals surface area contributed by atoms with E-state index in [2.05, 4.69) is 34.9 Å². The molecule has 1 aromatic rings. The van der Waals surface area contributed by atoms with Crippen LogP contribution in [0.4, 0.5) is 10.5 Å². The van der Waals surface area contributed by atoms with Crippen molar-refractivity contribution in [2.24, 2.45) is 5.92 Å². The Kier molecular flexibility index (Phi) is 4.74. The molecule has 3 aliphatic rings. The Morgan fingerprint density at radius 2 is 1.62 bits per heavy atom. The summed E-state index contributed by atoms with van der Waals surface area (Å²) < 4.78 is 0. The average Bonchev–Trinajstić information content (AvgIpc) is 3.05. The minimum atomic E-state index is 0.0835. The predicted molar refractivity (Wildman–Crippen MR) is 97.5 cm³/mol. The molecule has 130 valence electrons. The number of carbonyl (C=O) groups is 1. The van der Waals surface area contributed by atoms with Crippen LogP contribution in [0.5, 0.6) is 0 Å². The van der Waals surface area contributed by atoms with Gasteiger partial charge in [0.1, 0.15) is 0 Å². The third-order valence-corrected chi connectivity index (χ3v) is 6.19. The van der Waals surface area contributed by atoms with Crippen LogP contribution in [0.25, 0.3) is 0 Å². The number of hydrogen-bond acceptors (Lipinski definition) is 2. The summed E-state index contributed by atoms with van der Waals surface area (Å²) in [6.45, 7) is 3.04. The molecule has 2 amide bonds. The Labute approximate surface area is 145 Å². The van der Waals surface area contributed by atoms with Crippen LogP contribution >= 0.6 is 0 Å². The molecular formula is C20H29N3O. The summed E-state index contributed by atoms with van der Waals surface area (Å²) in [7, 11) is 0. The van der Waals surface area contributed by atoms with Crippen molar-refractivity contribution in [2.45, 2.75) is 56.9 Å². The van der Waals surface area contributed by atoms with E-state index in [1.54, 1.807) is 0 Å². The van der Waals surface area contributed by atoms with Crippen molar-refractivity contribution in [1.29, 1.82) is 0 Å². The van der Waals surface area contributed by atoms with Gasteiger partial charge in [0, 0.05) is 12.2 Å². The van der Waals surface area contributed by atoms with E-state index in [1.165, 1.54) is 50.5 Å². The molecule has 2 heterocycles. The Hall–Kier alpha value is -1.55. The molecule has 24 heavy (non-hydrogen) atoms. The number of anilines is 1. The third kappa shape index (κ3) is 3.16. The minimum absolute atomic E-state index is 0.0835. The molecule has 2 aliphatic heterocycles. The van der Waals surface area contributed by atoms with Crippen LogP contribution in [0.3, 0.4) is 0 Å². The summed E-state index contributed by atoms with van der Waals surface area (Å²) in [5, 5.41) is 6.50. The maximum Gasteiger partial charge on any atom is 0.322 e. The first-order valence-corrected chi connectivity index (χ1v) is 9.70. The summed E-state index contributed by atoms with van der Waals surface area (Å²) >= 11 is 0. The Balaban J connectivity index is 1.51. The molecule has 4 heteroatoms. The molecule has 0 bridgehead atoms. The van der Waals surface area contributed by atoms with Crippen LogP contribution in [0.15, 0.2) is 24.3 Å². The maximum absolute atomic E-state index is 12.4. The zero-order valence-corrected chi connectivity index (χ0v) is 14.5. The van der Waals surface area contributed by atoms with Crippen LogP contribution in [0, 0.1) is 5.92 Å². The standard InChI is InChI=1S/C20H29N3O/c24-20-22-14-19(17-4-2-1-3-5-17)23(20)18-8-6-15(7-9-18)16-10-12-21-13-11-16/h6-9,16-17,19,21H,1-5,10-14H2,(H,22,24). The van der Waals surface area contributed by atoms with Crippen LogP contribution < -0.4 is 15.5 Å². The summed E-state index contributed by atoms with van der Waals surface area (Å²) in [5.41, 5.74) is 2.49. The van der Waals surface area contributed by atoms with E-state index in [9.17, 15) is 4.79 Å². The summed E-state index contributed by atoms with van der Waals surface area (Å²) in [6, 6.07) is 9.24. The topological polar surface area (TPSA) is 44.4 Å². The van der Waals surface area contributed by atoms with E-state index in [0.717, 1.165) is 25.3 Å². The van der Waals surface area contributed by atoms with Gasteiger partial charge in [-0.1, -0.05) is 31.4 Å². The van der Waals surface area contributed by atoms with Crippen molar-refractivity contribution in [2.75, 3.05) is 24.5 Å². The number of urea groups is 1. The Morgan fingerprint density at radius 3 is 2.33 bits per heavy atom. The minimum Gasteiger partial charge on any atom is -0.336 e. The van der Waals surface area contributed by atoms with Gasteiger partial charge in [-0.25, -0.2) is 4.79 Å². The average molecular weight is 327 g/mol. The molecule has 1 saturated carbocycles. The highest BCUT2D eigenvalue weighted by atomic mass is 16.2. The van der Waals surface area contributed by atoms with Crippen LogP contribution in [-0.4, -0.2) is 31.7 Å². The van der Waals surface area contributed by atoms with E-state index >= 15 is 0 Å². The molecule has 1 aromatic carbocycles. The highest BCUT2D eigenvalue weighted by Gasteiger charge is 2.37. The number of amides is 2. The molecule has 2 saturated heterocycles. The van der Waals surface area contributed by atoms with Crippen LogP contribution in [0.2, 0.25) is 0 Å². The van der Waals surface area contributed by atoms with Gasteiger partial charge in [0.05, 0.1) is 6.04 Å². The Morgan fingerprint density at radius 1 is 0.917 bits per heavy atom. The predicted octanol–water partition coefficient (Wildman–Crippen LogP) is 3.63. The Bertz CT molecular complexity index is 559. The summed E-state index contributed by atoms with van der Waals surface area (Å²) in [6.07, 6.45) is 8.96. The monoisotopic (exact) mass is 327 g/mol. The fourth-order valence-electron chi connectivity index (χ4n) is 4.79. The van der Waals surface area contributed by atoms with E-state index in [0.29, 0.717) is 17.9 Å². The zero-order chi connectivity index (χ0) is 16.4. The lowest BCUT2D eigenvalue weighted by Crippen LogP contribution is -2.40. The van der Waals surface area contributed by atoms with E-state index < -0.39 is 0 Å². The smallest absolute Gasteiger partial charge is 0.322 e. The normalized spacial score (nSPS) is 26.6. The fraction of sp³-hybridized carbons (Fsp3) is 0.650. The number of rotatable bonds is 3. The molecule has 0 radical (unpaired) electrons.